The molecule has 10 nitrogen and oxygen atoms in total. The Hall–Kier alpha value is -3.22. The highest BCUT2D eigenvalue weighted by molar-refractivity contribution is 7.87. The van der Waals surface area contributed by atoms with Crippen LogP contribution in [0.4, 0.5) is 5.69 Å². The second kappa shape index (κ2) is 9.10. The van der Waals surface area contributed by atoms with Gasteiger partial charge in [0.25, 0.3) is 0 Å². The Bertz CT molecular complexity index is 1330. The quantitative estimate of drug-likeness (QED) is 0.328. The number of benzene rings is 2. The largest absolute Gasteiger partial charge is 0.480 e. The van der Waals surface area contributed by atoms with Crippen molar-refractivity contribution in [1.29, 1.82) is 0 Å². The van der Waals surface area contributed by atoms with Gasteiger partial charge in [-0.25, -0.2) is 4.21 Å². The topological polar surface area (TPSA) is 152 Å². The third-order valence-electron chi connectivity index (χ3n) is 4.57. The summed E-state index contributed by atoms with van der Waals surface area (Å²) in [5.41, 5.74) is 1.15. The number of anilines is 1. The van der Waals surface area contributed by atoms with Crippen LogP contribution in [0.15, 0.2) is 47.4 Å². The minimum absolute atomic E-state index is 0.0342. The summed E-state index contributed by atoms with van der Waals surface area (Å²) in [6.07, 6.45) is 0. The maximum Gasteiger partial charge on any atom is 0.341 e. The molecule has 32 heavy (non-hydrogen) atoms. The summed E-state index contributed by atoms with van der Waals surface area (Å²) in [5.74, 6) is -1.75. The summed E-state index contributed by atoms with van der Waals surface area (Å²) in [5, 5.41) is 12.0. The molecule has 1 unspecified atom stereocenters. The average molecular weight is 481 g/mol. The lowest BCUT2D eigenvalue weighted by Crippen LogP contribution is -2.14. The minimum Gasteiger partial charge on any atom is -0.480 e. The molecule has 0 aliphatic rings. The minimum atomic E-state index is -4.45. The molecule has 1 amide bonds. The van der Waals surface area contributed by atoms with E-state index in [0.717, 1.165) is 0 Å². The molecule has 0 saturated carbocycles. The summed E-state index contributed by atoms with van der Waals surface area (Å²) in [6.45, 7) is 2.23. The van der Waals surface area contributed by atoms with Crippen molar-refractivity contribution in [3.8, 4) is 5.75 Å². The number of carboxylic acid groups (broad SMARTS) is 1. The van der Waals surface area contributed by atoms with E-state index in [0.29, 0.717) is 11.1 Å². The number of hydrogen-bond acceptors (Lipinski definition) is 6. The van der Waals surface area contributed by atoms with Crippen LogP contribution >= 0.6 is 0 Å². The van der Waals surface area contributed by atoms with E-state index < -0.39 is 39.6 Å². The molecule has 1 aromatic heterocycles. The first-order valence-electron chi connectivity index (χ1n) is 9.21. The molecule has 0 radical (unpaired) electrons. The van der Waals surface area contributed by atoms with Gasteiger partial charge in [-0.05, 0) is 36.8 Å². The zero-order chi connectivity index (χ0) is 23.6. The van der Waals surface area contributed by atoms with E-state index in [1.807, 2.05) is 0 Å². The van der Waals surface area contributed by atoms with Gasteiger partial charge >= 0.3 is 16.1 Å². The zero-order valence-corrected chi connectivity index (χ0v) is 18.7. The van der Waals surface area contributed by atoms with Gasteiger partial charge in [0.05, 0.1) is 17.0 Å². The molecule has 0 fully saturated rings. The van der Waals surface area contributed by atoms with Crippen LogP contribution in [0.5, 0.6) is 5.75 Å². The first kappa shape index (κ1) is 23.4. The van der Waals surface area contributed by atoms with Gasteiger partial charge in [0.15, 0.2) is 11.1 Å². The molecule has 1 heterocycles. The van der Waals surface area contributed by atoms with Gasteiger partial charge in [-0.1, -0.05) is 18.2 Å². The second-order valence-electron chi connectivity index (χ2n) is 6.92. The number of carbonyl (C=O) groups excluding carboxylic acids is 1. The lowest BCUT2D eigenvalue weighted by atomic mass is 10.2. The van der Waals surface area contributed by atoms with E-state index in [9.17, 15) is 27.3 Å². The van der Waals surface area contributed by atoms with E-state index in [1.165, 1.54) is 48.7 Å². The van der Waals surface area contributed by atoms with Crippen LogP contribution in [0.25, 0.3) is 10.9 Å². The highest BCUT2D eigenvalue weighted by atomic mass is 32.2. The number of nitrogens with one attached hydrogen (secondary N) is 1. The molecule has 12 heteroatoms. The zero-order valence-electron chi connectivity index (χ0n) is 17.1. The molecular weight excluding hydrogens is 460 g/mol. The van der Waals surface area contributed by atoms with Crippen molar-refractivity contribution in [2.75, 3.05) is 5.32 Å². The highest BCUT2D eigenvalue weighted by Gasteiger charge is 2.30. The van der Waals surface area contributed by atoms with E-state index in [1.54, 1.807) is 12.1 Å². The Morgan fingerprint density at radius 2 is 1.81 bits per heavy atom. The lowest BCUT2D eigenvalue weighted by Gasteiger charge is -2.10. The lowest BCUT2D eigenvalue weighted by molar-refractivity contribution is -0.137. The predicted octanol–water partition coefficient (Wildman–Crippen LogP) is 2.48. The molecule has 3 N–H and O–H groups in total. The number of carboxylic acids is 1. The fraction of sp³-hybridized carbons (Fsp3) is 0.200. The van der Waals surface area contributed by atoms with Gasteiger partial charge in [-0.3, -0.25) is 9.59 Å². The van der Waals surface area contributed by atoms with Crippen LogP contribution in [0.1, 0.15) is 18.2 Å². The van der Waals surface area contributed by atoms with E-state index >= 15 is 0 Å². The molecule has 3 aromatic rings. The maximum absolute atomic E-state index is 13.3. The van der Waals surface area contributed by atoms with Crippen molar-refractivity contribution in [3.05, 3.63) is 53.7 Å². The summed E-state index contributed by atoms with van der Waals surface area (Å²) in [6, 6.07) is 10.3. The van der Waals surface area contributed by atoms with Crippen molar-refractivity contribution in [1.82, 2.24) is 4.57 Å². The molecule has 0 bridgehead atoms. The number of hydrogen-bond donors (Lipinski definition) is 3. The Morgan fingerprint density at radius 1 is 1.16 bits per heavy atom. The highest BCUT2D eigenvalue weighted by Crippen LogP contribution is 2.36. The van der Waals surface area contributed by atoms with Gasteiger partial charge in [-0.15, -0.1) is 0 Å². The van der Waals surface area contributed by atoms with Crippen LogP contribution < -0.4 is 9.50 Å². The van der Waals surface area contributed by atoms with Crippen LogP contribution in [0, 0.1) is 6.92 Å². The average Bonchev–Trinajstić information content (AvgIpc) is 2.95. The maximum atomic E-state index is 13.3. The van der Waals surface area contributed by atoms with E-state index in [4.69, 9.17) is 8.74 Å². The normalized spacial score (nSPS) is 12.5. The number of carbonyl (C=O) groups is 2. The molecule has 0 aliphatic carbocycles. The number of aliphatic carboxylic acids is 1. The molecule has 170 valence electrons. The summed E-state index contributed by atoms with van der Waals surface area (Å²) in [7, 11) is -4.45. The fourth-order valence-corrected chi connectivity index (χ4v) is 5.24. The number of fused-ring (bicyclic) bond motifs is 1. The van der Waals surface area contributed by atoms with Crippen molar-refractivity contribution in [2.24, 2.45) is 0 Å². The SMILES string of the molecule is CC(=O)Nc1cccc2c1c(S(=O)(=O)Oc1ccc(CS(=O)O)cc1)c(C)n2CC(=O)O. The molecule has 1 atom stereocenters. The molecule has 3 rings (SSSR count). The molecular formula is C20H20N2O8S2. The number of amides is 1. The van der Waals surface area contributed by atoms with E-state index in [-0.39, 0.29) is 33.2 Å². The predicted molar refractivity (Wildman–Crippen MR) is 117 cm³/mol. The van der Waals surface area contributed by atoms with Crippen molar-refractivity contribution >= 4 is 49.7 Å². The van der Waals surface area contributed by atoms with Gasteiger partial charge in [0, 0.05) is 18.0 Å². The van der Waals surface area contributed by atoms with Gasteiger partial charge < -0.3 is 23.7 Å². The molecule has 2 aromatic carbocycles. The van der Waals surface area contributed by atoms with Crippen molar-refractivity contribution in [2.45, 2.75) is 31.0 Å². The molecule has 0 aliphatic heterocycles. The van der Waals surface area contributed by atoms with E-state index in [2.05, 4.69) is 5.32 Å². The van der Waals surface area contributed by atoms with Gasteiger partial charge in [0.1, 0.15) is 17.2 Å². The second-order valence-corrected chi connectivity index (χ2v) is 9.34. The summed E-state index contributed by atoms with van der Waals surface area (Å²) >= 11 is -2.05. The molecule has 0 spiro atoms. The van der Waals surface area contributed by atoms with Gasteiger partial charge in [-0.2, -0.15) is 8.42 Å². The van der Waals surface area contributed by atoms with Crippen LogP contribution in [-0.2, 0) is 43.1 Å². The standard InChI is InChI=1S/C20H20N2O8S2/c1-12-20(32(28,29)30-15-8-6-14(7-9-15)11-31(26)27)19-16(21-13(2)23)4-3-5-17(19)22(12)10-18(24)25/h3-9H,10-11H2,1-2H3,(H,21,23)(H,24,25)(H,26,27). The van der Waals surface area contributed by atoms with Gasteiger partial charge in [0.2, 0.25) is 5.91 Å². The Kier molecular flexibility index (Phi) is 6.67. The summed E-state index contributed by atoms with van der Waals surface area (Å²) < 4.78 is 53.0. The van der Waals surface area contributed by atoms with Crippen molar-refractivity contribution < 1.29 is 36.1 Å². The van der Waals surface area contributed by atoms with Crippen molar-refractivity contribution in [3.63, 3.8) is 0 Å². The first-order chi connectivity index (χ1) is 15.0. The number of rotatable bonds is 8. The monoisotopic (exact) mass is 480 g/mol. The smallest absolute Gasteiger partial charge is 0.341 e. The summed E-state index contributed by atoms with van der Waals surface area (Å²) in [4.78, 5) is 22.8. The van der Waals surface area contributed by atoms with Crippen LogP contribution in [0.3, 0.4) is 0 Å². The first-order valence-corrected chi connectivity index (χ1v) is 11.9. The fourth-order valence-electron chi connectivity index (χ4n) is 3.38. The number of nitrogens with zero attached hydrogens (tertiary/aromatic N) is 1. The Balaban J connectivity index is 2.15. The Labute approximate surface area is 186 Å². The van der Waals surface area contributed by atoms with Crippen LogP contribution in [-0.4, -0.2) is 38.7 Å². The molecule has 0 saturated heterocycles. The third-order valence-corrected chi connectivity index (χ3v) is 6.56. The Morgan fingerprint density at radius 3 is 2.38 bits per heavy atom. The third kappa shape index (κ3) is 4.98. The number of aromatic nitrogens is 1. The van der Waals surface area contributed by atoms with Crippen LogP contribution in [0.2, 0.25) is 0 Å².